The fourth-order valence-electron chi connectivity index (χ4n) is 2.65. The van der Waals surface area contributed by atoms with Gasteiger partial charge in [0.15, 0.2) is 6.10 Å². The van der Waals surface area contributed by atoms with Gasteiger partial charge in [-0.2, -0.15) is 0 Å². The fourth-order valence-corrected chi connectivity index (χ4v) is 2.65. The number of carbonyl (C=O) groups is 3. The second kappa shape index (κ2) is 10.3. The van der Waals surface area contributed by atoms with Crippen LogP contribution < -0.4 is 15.4 Å². The number of hydrogen-bond donors (Lipinski definition) is 2. The summed E-state index contributed by atoms with van der Waals surface area (Å²) in [6, 6.07) is 12.2. The Hall–Kier alpha value is -3.35. The van der Waals surface area contributed by atoms with Crippen molar-refractivity contribution in [3.8, 4) is 5.75 Å². The van der Waals surface area contributed by atoms with Crippen molar-refractivity contribution in [2.45, 2.75) is 33.8 Å². The van der Waals surface area contributed by atoms with Crippen LogP contribution in [0.2, 0.25) is 0 Å². The van der Waals surface area contributed by atoms with Crippen LogP contribution in [0.25, 0.3) is 0 Å². The highest BCUT2D eigenvalue weighted by molar-refractivity contribution is 5.98. The minimum atomic E-state index is -0.996. The number of esters is 1. The van der Waals surface area contributed by atoms with Crippen LogP contribution in [-0.2, 0) is 14.3 Å². The lowest BCUT2D eigenvalue weighted by Gasteiger charge is -2.16. The molecule has 2 aromatic carbocycles. The van der Waals surface area contributed by atoms with Crippen molar-refractivity contribution >= 4 is 23.5 Å². The van der Waals surface area contributed by atoms with Gasteiger partial charge in [0.1, 0.15) is 12.3 Å². The molecule has 2 rings (SSSR count). The summed E-state index contributed by atoms with van der Waals surface area (Å²) in [5.41, 5.74) is 2.92. The van der Waals surface area contributed by atoms with E-state index in [1.807, 2.05) is 39.0 Å². The van der Waals surface area contributed by atoms with E-state index in [0.717, 1.165) is 11.1 Å². The first kappa shape index (κ1) is 21.9. The maximum atomic E-state index is 12.3. The number of amides is 2. The van der Waals surface area contributed by atoms with Crippen molar-refractivity contribution in [1.82, 2.24) is 5.32 Å². The van der Waals surface area contributed by atoms with E-state index in [2.05, 4.69) is 10.6 Å². The summed E-state index contributed by atoms with van der Waals surface area (Å²) in [7, 11) is 0. The Bertz CT molecular complexity index is 857. The fraction of sp³-hybridized carbons (Fsp3) is 0.318. The van der Waals surface area contributed by atoms with E-state index >= 15 is 0 Å². The third kappa shape index (κ3) is 6.34. The molecule has 7 nitrogen and oxygen atoms in total. The number of rotatable bonds is 8. The number of aryl methyl sites for hydroxylation is 2. The van der Waals surface area contributed by atoms with Crippen molar-refractivity contribution in [2.75, 3.05) is 18.5 Å². The van der Waals surface area contributed by atoms with Gasteiger partial charge in [0, 0.05) is 11.3 Å². The van der Waals surface area contributed by atoms with Gasteiger partial charge in [-0.15, -0.1) is 0 Å². The predicted molar refractivity (Wildman–Crippen MR) is 110 cm³/mol. The topological polar surface area (TPSA) is 93.7 Å². The number of anilines is 1. The van der Waals surface area contributed by atoms with E-state index in [9.17, 15) is 14.4 Å². The number of benzene rings is 2. The van der Waals surface area contributed by atoms with E-state index in [-0.39, 0.29) is 6.54 Å². The van der Waals surface area contributed by atoms with Crippen LogP contribution in [0.1, 0.15) is 35.3 Å². The maximum absolute atomic E-state index is 12.3. The summed E-state index contributed by atoms with van der Waals surface area (Å²) in [5, 5.41) is 5.25. The molecule has 154 valence electrons. The molecule has 2 N–H and O–H groups in total. The van der Waals surface area contributed by atoms with Crippen molar-refractivity contribution in [1.29, 1.82) is 0 Å². The molecular formula is C22H26N2O5. The highest BCUT2D eigenvalue weighted by atomic mass is 16.5. The number of carbonyl (C=O) groups excluding carboxylic acids is 3. The summed E-state index contributed by atoms with van der Waals surface area (Å²) in [4.78, 5) is 36.4. The Morgan fingerprint density at radius 2 is 1.62 bits per heavy atom. The van der Waals surface area contributed by atoms with Gasteiger partial charge in [0.2, 0.25) is 0 Å². The van der Waals surface area contributed by atoms with E-state index in [4.69, 9.17) is 9.47 Å². The van der Waals surface area contributed by atoms with Gasteiger partial charge in [-0.05, 0) is 63.1 Å². The molecule has 0 spiro atoms. The zero-order valence-electron chi connectivity index (χ0n) is 17.1. The van der Waals surface area contributed by atoms with Gasteiger partial charge in [0.25, 0.3) is 11.8 Å². The largest absolute Gasteiger partial charge is 0.494 e. The van der Waals surface area contributed by atoms with Crippen LogP contribution in [0.3, 0.4) is 0 Å². The number of ether oxygens (including phenoxy) is 2. The second-order valence-electron chi connectivity index (χ2n) is 6.53. The van der Waals surface area contributed by atoms with Crippen molar-refractivity contribution in [3.63, 3.8) is 0 Å². The molecule has 0 radical (unpaired) electrons. The molecule has 7 heteroatoms. The first-order valence-electron chi connectivity index (χ1n) is 9.39. The molecule has 2 aromatic rings. The first-order valence-corrected chi connectivity index (χ1v) is 9.39. The van der Waals surface area contributed by atoms with Crippen LogP contribution in [0, 0.1) is 13.8 Å². The monoisotopic (exact) mass is 398 g/mol. The summed E-state index contributed by atoms with van der Waals surface area (Å²) in [5.74, 6) is -0.896. The van der Waals surface area contributed by atoms with Crippen LogP contribution >= 0.6 is 0 Å². The molecule has 29 heavy (non-hydrogen) atoms. The highest BCUT2D eigenvalue weighted by Crippen LogP contribution is 2.19. The molecule has 0 aliphatic rings. The van der Waals surface area contributed by atoms with E-state index < -0.39 is 23.9 Å². The Balaban J connectivity index is 1.83. The molecule has 0 saturated carbocycles. The predicted octanol–water partition coefficient (Wildman–Crippen LogP) is 3.00. The Kier molecular flexibility index (Phi) is 7.77. The zero-order chi connectivity index (χ0) is 21.4. The number of nitrogens with one attached hydrogen (secondary N) is 2. The van der Waals surface area contributed by atoms with Gasteiger partial charge in [-0.25, -0.2) is 0 Å². The highest BCUT2D eigenvalue weighted by Gasteiger charge is 2.19. The van der Waals surface area contributed by atoms with Crippen molar-refractivity contribution < 1.29 is 23.9 Å². The molecule has 0 heterocycles. The quantitative estimate of drug-likeness (QED) is 0.667. The van der Waals surface area contributed by atoms with E-state index in [1.54, 1.807) is 24.3 Å². The molecule has 0 unspecified atom stereocenters. The number of hydrogen-bond acceptors (Lipinski definition) is 5. The van der Waals surface area contributed by atoms with Crippen LogP contribution in [0.15, 0.2) is 42.5 Å². The summed E-state index contributed by atoms with van der Waals surface area (Å²) in [6.45, 7) is 7.32. The third-order valence-corrected chi connectivity index (χ3v) is 4.23. The first-order chi connectivity index (χ1) is 13.8. The Labute approximate surface area is 170 Å². The molecular weight excluding hydrogens is 372 g/mol. The van der Waals surface area contributed by atoms with Gasteiger partial charge in [-0.1, -0.05) is 18.2 Å². The van der Waals surface area contributed by atoms with E-state index in [0.29, 0.717) is 23.6 Å². The summed E-state index contributed by atoms with van der Waals surface area (Å²) >= 11 is 0. The van der Waals surface area contributed by atoms with Crippen molar-refractivity contribution in [2.24, 2.45) is 0 Å². The Morgan fingerprint density at radius 1 is 1.00 bits per heavy atom. The van der Waals surface area contributed by atoms with Crippen LogP contribution in [-0.4, -0.2) is 37.0 Å². The third-order valence-electron chi connectivity index (χ3n) is 4.23. The van der Waals surface area contributed by atoms with E-state index in [1.165, 1.54) is 6.92 Å². The molecule has 0 saturated heterocycles. The van der Waals surface area contributed by atoms with Gasteiger partial charge < -0.3 is 20.1 Å². The van der Waals surface area contributed by atoms with Crippen molar-refractivity contribution in [3.05, 3.63) is 59.2 Å². The van der Waals surface area contributed by atoms with Gasteiger partial charge in [0.05, 0.1) is 6.61 Å². The molecule has 0 bridgehead atoms. The lowest BCUT2D eigenvalue weighted by atomic mass is 10.1. The summed E-state index contributed by atoms with van der Waals surface area (Å²) < 4.78 is 10.4. The number of para-hydroxylation sites is 1. The Morgan fingerprint density at radius 3 is 2.21 bits per heavy atom. The van der Waals surface area contributed by atoms with Crippen LogP contribution in [0.4, 0.5) is 5.69 Å². The van der Waals surface area contributed by atoms with Crippen LogP contribution in [0.5, 0.6) is 5.75 Å². The average Bonchev–Trinajstić information content (AvgIpc) is 2.69. The standard InChI is InChI=1S/C22H26N2O5/c1-5-28-18-11-9-17(10-12-18)22(27)23-13-19(25)29-16(4)21(26)24-20-14(2)7-6-8-15(20)3/h6-12,16H,5,13H2,1-4H3,(H,23,27)(H,24,26)/t16-/m0/s1. The zero-order valence-corrected chi connectivity index (χ0v) is 17.1. The maximum Gasteiger partial charge on any atom is 0.326 e. The lowest BCUT2D eigenvalue weighted by Crippen LogP contribution is -2.36. The minimum absolute atomic E-state index is 0.340. The smallest absolute Gasteiger partial charge is 0.326 e. The molecule has 1 atom stereocenters. The SMILES string of the molecule is CCOc1ccc(C(=O)NCC(=O)O[C@@H](C)C(=O)Nc2c(C)cccc2C)cc1. The molecule has 0 fully saturated rings. The molecule has 0 aliphatic heterocycles. The van der Waals surface area contributed by atoms with Gasteiger partial charge >= 0.3 is 5.97 Å². The molecule has 0 aromatic heterocycles. The van der Waals surface area contributed by atoms with Gasteiger partial charge in [-0.3, -0.25) is 14.4 Å². The molecule has 2 amide bonds. The minimum Gasteiger partial charge on any atom is -0.494 e. The average molecular weight is 398 g/mol. The normalized spacial score (nSPS) is 11.3. The summed E-state index contributed by atoms with van der Waals surface area (Å²) in [6.07, 6.45) is -0.996. The second-order valence-corrected chi connectivity index (χ2v) is 6.53. The lowest BCUT2D eigenvalue weighted by molar-refractivity contribution is -0.152. The molecule has 0 aliphatic carbocycles.